The van der Waals surface area contributed by atoms with Crippen LogP contribution in [0.1, 0.15) is 29.9 Å². The minimum absolute atomic E-state index is 0.169. The molecule has 1 aromatic rings. The number of aryl methyl sites for hydroxylation is 1. The molecule has 0 fully saturated rings. The monoisotopic (exact) mass is 225 g/mol. The second kappa shape index (κ2) is 4.78. The highest BCUT2D eigenvalue weighted by molar-refractivity contribution is 5.96. The van der Waals surface area contributed by atoms with Crippen LogP contribution >= 0.6 is 0 Å². The Labute approximate surface area is 93.3 Å². The van der Waals surface area contributed by atoms with Crippen molar-refractivity contribution in [3.05, 3.63) is 17.5 Å². The van der Waals surface area contributed by atoms with Crippen molar-refractivity contribution in [1.82, 2.24) is 15.1 Å². The molecule has 0 saturated heterocycles. The Morgan fingerprint density at radius 1 is 1.56 bits per heavy atom. The second-order valence-electron chi connectivity index (χ2n) is 3.83. The fraction of sp³-hybridized carbons (Fsp3) is 0.500. The minimum Gasteiger partial charge on any atom is -0.480 e. The number of carbonyl (C=O) groups excluding carboxylic acids is 1. The van der Waals surface area contributed by atoms with E-state index in [0.717, 1.165) is 0 Å². The highest BCUT2D eigenvalue weighted by Crippen LogP contribution is 2.10. The smallest absolute Gasteiger partial charge is 0.323 e. The first-order valence-electron chi connectivity index (χ1n) is 4.96. The molecule has 0 aliphatic carbocycles. The maximum Gasteiger partial charge on any atom is 0.323 e. The molecule has 0 unspecified atom stereocenters. The fourth-order valence-corrected chi connectivity index (χ4v) is 1.36. The van der Waals surface area contributed by atoms with E-state index >= 15 is 0 Å². The van der Waals surface area contributed by atoms with Gasteiger partial charge in [-0.2, -0.15) is 5.10 Å². The number of aromatic nitrogens is 2. The van der Waals surface area contributed by atoms with Gasteiger partial charge in [0.15, 0.2) is 0 Å². The summed E-state index contributed by atoms with van der Waals surface area (Å²) in [6, 6.07) is -0.169. The van der Waals surface area contributed by atoms with Gasteiger partial charge in [0.05, 0.1) is 11.8 Å². The van der Waals surface area contributed by atoms with E-state index in [2.05, 4.69) is 10.2 Å². The molecule has 2 N–H and O–H groups in total. The lowest BCUT2D eigenvalue weighted by molar-refractivity contribution is -0.138. The summed E-state index contributed by atoms with van der Waals surface area (Å²) in [5.74, 6) is -1.34. The highest BCUT2D eigenvalue weighted by Gasteiger charge is 2.23. The average molecular weight is 225 g/mol. The maximum absolute atomic E-state index is 12.0. The number of nitrogens with one attached hydrogen (secondary N) is 1. The predicted molar refractivity (Wildman–Crippen MR) is 57.1 cm³/mol. The molecule has 6 nitrogen and oxygen atoms in total. The summed E-state index contributed by atoms with van der Waals surface area (Å²) < 4.78 is 0. The van der Waals surface area contributed by atoms with Gasteiger partial charge in [-0.25, -0.2) is 0 Å². The SMILES string of the molecule is Cc1[nH]ncc1C(=O)N(CC(=O)O)C(C)C. The van der Waals surface area contributed by atoms with Crippen molar-refractivity contribution in [2.75, 3.05) is 6.54 Å². The molecular weight excluding hydrogens is 210 g/mol. The zero-order chi connectivity index (χ0) is 12.3. The van der Waals surface area contributed by atoms with Crippen molar-refractivity contribution < 1.29 is 14.7 Å². The average Bonchev–Trinajstić information content (AvgIpc) is 2.59. The van der Waals surface area contributed by atoms with Crippen molar-refractivity contribution in [2.45, 2.75) is 26.8 Å². The lowest BCUT2D eigenvalue weighted by Crippen LogP contribution is -2.40. The third-order valence-electron chi connectivity index (χ3n) is 2.25. The van der Waals surface area contributed by atoms with E-state index in [1.807, 2.05) is 0 Å². The van der Waals surface area contributed by atoms with Crippen LogP contribution in [0, 0.1) is 6.92 Å². The third kappa shape index (κ3) is 2.59. The summed E-state index contributed by atoms with van der Waals surface area (Å²) in [4.78, 5) is 24.0. The molecule has 0 aliphatic heterocycles. The number of H-pyrrole nitrogens is 1. The molecule has 0 atom stereocenters. The Morgan fingerprint density at radius 3 is 2.56 bits per heavy atom. The van der Waals surface area contributed by atoms with Gasteiger partial charge in [-0.15, -0.1) is 0 Å². The standard InChI is InChI=1S/C10H15N3O3/c1-6(2)13(5-9(14)15)10(16)8-4-11-12-7(8)3/h4,6H,5H2,1-3H3,(H,11,12)(H,14,15). The molecule has 1 rings (SSSR count). The van der Waals surface area contributed by atoms with Crippen molar-refractivity contribution in [1.29, 1.82) is 0 Å². The van der Waals surface area contributed by atoms with Gasteiger partial charge in [0.2, 0.25) is 0 Å². The lowest BCUT2D eigenvalue weighted by Gasteiger charge is -2.24. The van der Waals surface area contributed by atoms with E-state index in [1.54, 1.807) is 20.8 Å². The van der Waals surface area contributed by atoms with E-state index in [1.165, 1.54) is 11.1 Å². The minimum atomic E-state index is -1.02. The third-order valence-corrected chi connectivity index (χ3v) is 2.25. The number of hydrogen-bond donors (Lipinski definition) is 2. The van der Waals surface area contributed by atoms with Gasteiger partial charge in [0, 0.05) is 11.7 Å². The predicted octanol–water partition coefficient (Wildman–Crippen LogP) is 0.653. The number of rotatable bonds is 4. The number of aromatic amines is 1. The lowest BCUT2D eigenvalue weighted by atomic mass is 10.2. The maximum atomic E-state index is 12.0. The van der Waals surface area contributed by atoms with Gasteiger partial charge < -0.3 is 10.0 Å². The van der Waals surface area contributed by atoms with Crippen LogP contribution < -0.4 is 0 Å². The van der Waals surface area contributed by atoms with Crippen LogP contribution in [0.2, 0.25) is 0 Å². The summed E-state index contributed by atoms with van der Waals surface area (Å²) in [7, 11) is 0. The fourth-order valence-electron chi connectivity index (χ4n) is 1.36. The van der Waals surface area contributed by atoms with Gasteiger partial charge in [-0.05, 0) is 20.8 Å². The molecule has 1 amide bonds. The molecule has 88 valence electrons. The summed E-state index contributed by atoms with van der Waals surface area (Å²) in [5, 5.41) is 15.1. The summed E-state index contributed by atoms with van der Waals surface area (Å²) >= 11 is 0. The quantitative estimate of drug-likeness (QED) is 0.787. The normalized spacial score (nSPS) is 10.5. The summed E-state index contributed by atoms with van der Waals surface area (Å²) in [6.45, 7) is 4.97. The summed E-state index contributed by atoms with van der Waals surface area (Å²) in [5.41, 5.74) is 1.05. The van der Waals surface area contributed by atoms with Crippen LogP contribution in [0.15, 0.2) is 6.20 Å². The van der Waals surface area contributed by atoms with Gasteiger partial charge in [0.25, 0.3) is 5.91 Å². The zero-order valence-corrected chi connectivity index (χ0v) is 9.52. The van der Waals surface area contributed by atoms with Crippen LogP contribution in [0.5, 0.6) is 0 Å². The Bertz CT molecular complexity index is 398. The first-order valence-corrected chi connectivity index (χ1v) is 4.96. The molecule has 6 heteroatoms. The van der Waals surface area contributed by atoms with Crippen molar-refractivity contribution >= 4 is 11.9 Å². The van der Waals surface area contributed by atoms with Gasteiger partial charge in [-0.3, -0.25) is 14.7 Å². The second-order valence-corrected chi connectivity index (χ2v) is 3.83. The molecule has 0 bridgehead atoms. The number of amides is 1. The Hall–Kier alpha value is -1.85. The molecule has 0 saturated carbocycles. The van der Waals surface area contributed by atoms with Crippen LogP contribution in [0.25, 0.3) is 0 Å². The number of carboxylic acid groups (broad SMARTS) is 1. The number of carboxylic acids is 1. The van der Waals surface area contributed by atoms with Crippen LogP contribution in [-0.4, -0.2) is 44.7 Å². The summed E-state index contributed by atoms with van der Waals surface area (Å²) in [6.07, 6.45) is 1.41. The molecular formula is C10H15N3O3. The molecule has 0 aliphatic rings. The number of carbonyl (C=O) groups is 2. The molecule has 1 aromatic heterocycles. The topological polar surface area (TPSA) is 86.3 Å². The van der Waals surface area contributed by atoms with Gasteiger partial charge in [0.1, 0.15) is 6.54 Å². The number of aliphatic carboxylic acids is 1. The first-order chi connectivity index (χ1) is 7.43. The van der Waals surface area contributed by atoms with Gasteiger partial charge in [-0.1, -0.05) is 0 Å². The Morgan fingerprint density at radius 2 is 2.19 bits per heavy atom. The first kappa shape index (κ1) is 12.2. The highest BCUT2D eigenvalue weighted by atomic mass is 16.4. The van der Waals surface area contributed by atoms with E-state index in [9.17, 15) is 9.59 Å². The van der Waals surface area contributed by atoms with Crippen LogP contribution in [0.3, 0.4) is 0 Å². The Kier molecular flexibility index (Phi) is 3.65. The largest absolute Gasteiger partial charge is 0.480 e. The van der Waals surface area contributed by atoms with Crippen LogP contribution in [-0.2, 0) is 4.79 Å². The molecule has 1 heterocycles. The van der Waals surface area contributed by atoms with Crippen molar-refractivity contribution in [2.24, 2.45) is 0 Å². The van der Waals surface area contributed by atoms with E-state index < -0.39 is 5.97 Å². The molecule has 0 aromatic carbocycles. The van der Waals surface area contributed by atoms with Crippen LogP contribution in [0.4, 0.5) is 0 Å². The molecule has 16 heavy (non-hydrogen) atoms. The van der Waals surface area contributed by atoms with Gasteiger partial charge >= 0.3 is 5.97 Å². The number of hydrogen-bond acceptors (Lipinski definition) is 3. The van der Waals surface area contributed by atoms with E-state index in [0.29, 0.717) is 11.3 Å². The van der Waals surface area contributed by atoms with Crippen molar-refractivity contribution in [3.63, 3.8) is 0 Å². The zero-order valence-electron chi connectivity index (χ0n) is 9.52. The Balaban J connectivity index is 2.92. The van der Waals surface area contributed by atoms with E-state index in [4.69, 9.17) is 5.11 Å². The molecule has 0 radical (unpaired) electrons. The van der Waals surface area contributed by atoms with E-state index in [-0.39, 0.29) is 18.5 Å². The number of nitrogens with zero attached hydrogens (tertiary/aromatic N) is 2. The van der Waals surface area contributed by atoms with Crippen molar-refractivity contribution in [3.8, 4) is 0 Å². The molecule has 0 spiro atoms.